The van der Waals surface area contributed by atoms with Crippen LogP contribution < -0.4 is 9.47 Å². The van der Waals surface area contributed by atoms with Crippen LogP contribution in [0.15, 0.2) is 42.6 Å². The first-order valence-electron chi connectivity index (χ1n) is 10.8. The van der Waals surface area contributed by atoms with Gasteiger partial charge < -0.3 is 14.4 Å². The largest absolute Gasteiger partial charge is 0.454 e. The summed E-state index contributed by atoms with van der Waals surface area (Å²) >= 11 is 0. The molecule has 3 rings (SSSR count). The van der Waals surface area contributed by atoms with Crippen molar-refractivity contribution in [2.24, 2.45) is 0 Å². The smallest absolute Gasteiger partial charge is 0.231 e. The van der Waals surface area contributed by atoms with E-state index in [-0.39, 0.29) is 12.7 Å². The zero-order valence-electron chi connectivity index (χ0n) is 17.4. The zero-order valence-corrected chi connectivity index (χ0v) is 17.4. The van der Waals surface area contributed by atoms with Crippen LogP contribution in [0.3, 0.4) is 0 Å². The van der Waals surface area contributed by atoms with Gasteiger partial charge >= 0.3 is 0 Å². The molecule has 5 heteroatoms. The molecule has 29 heavy (non-hydrogen) atoms. The first-order valence-corrected chi connectivity index (χ1v) is 10.8. The fourth-order valence-electron chi connectivity index (χ4n) is 3.56. The number of pyridine rings is 1. The summed E-state index contributed by atoms with van der Waals surface area (Å²) in [5, 5.41) is 0. The molecule has 0 spiro atoms. The molecule has 0 fully saturated rings. The van der Waals surface area contributed by atoms with E-state index in [0.29, 0.717) is 19.5 Å². The highest BCUT2D eigenvalue weighted by molar-refractivity contribution is 5.76. The SMILES string of the molecule is CCCCCCCCC(=O)N(CCc1ccccn1)Cc1ccc2c(c1)OCO2. The minimum atomic E-state index is 0.217. The van der Waals surface area contributed by atoms with E-state index in [2.05, 4.69) is 11.9 Å². The van der Waals surface area contributed by atoms with Gasteiger partial charge in [0, 0.05) is 37.8 Å². The fourth-order valence-corrected chi connectivity index (χ4v) is 3.56. The summed E-state index contributed by atoms with van der Waals surface area (Å²) in [6, 6.07) is 11.8. The number of ether oxygens (including phenoxy) is 2. The Morgan fingerprint density at radius 1 is 1.03 bits per heavy atom. The Morgan fingerprint density at radius 2 is 1.86 bits per heavy atom. The van der Waals surface area contributed by atoms with Gasteiger partial charge in [-0.1, -0.05) is 51.2 Å². The number of hydrogen-bond donors (Lipinski definition) is 0. The van der Waals surface area contributed by atoms with Crippen molar-refractivity contribution in [1.29, 1.82) is 0 Å². The van der Waals surface area contributed by atoms with Crippen molar-refractivity contribution < 1.29 is 14.3 Å². The van der Waals surface area contributed by atoms with Crippen molar-refractivity contribution >= 4 is 5.91 Å². The predicted octanol–water partition coefficient (Wildman–Crippen LogP) is 5.13. The molecule has 5 nitrogen and oxygen atoms in total. The number of carbonyl (C=O) groups excluding carboxylic acids is 1. The molecular formula is C24H32N2O3. The number of carbonyl (C=O) groups is 1. The fraction of sp³-hybridized carbons (Fsp3) is 0.500. The van der Waals surface area contributed by atoms with Crippen LogP contribution in [-0.2, 0) is 17.8 Å². The van der Waals surface area contributed by atoms with Crippen LogP contribution in [0.2, 0.25) is 0 Å². The van der Waals surface area contributed by atoms with E-state index in [1.165, 1.54) is 25.7 Å². The topological polar surface area (TPSA) is 51.7 Å². The standard InChI is InChI=1S/C24H32N2O3/c1-2-3-4-5-6-7-11-24(27)26(16-14-21-10-8-9-15-25-21)18-20-12-13-22-23(17-20)29-19-28-22/h8-10,12-13,15,17H,2-7,11,14,16,18-19H2,1H3. The predicted molar refractivity (Wildman–Crippen MR) is 114 cm³/mol. The number of nitrogens with zero attached hydrogens (tertiary/aromatic N) is 2. The van der Waals surface area contributed by atoms with Gasteiger partial charge in [0.2, 0.25) is 12.7 Å². The van der Waals surface area contributed by atoms with Crippen molar-refractivity contribution in [3.8, 4) is 11.5 Å². The quantitative estimate of drug-likeness (QED) is 0.467. The maximum absolute atomic E-state index is 12.9. The molecule has 0 N–H and O–H groups in total. The van der Waals surface area contributed by atoms with Crippen LogP contribution in [0.4, 0.5) is 0 Å². The van der Waals surface area contributed by atoms with Gasteiger partial charge in [0.25, 0.3) is 0 Å². The van der Waals surface area contributed by atoms with Crippen molar-refractivity contribution in [3.63, 3.8) is 0 Å². The molecule has 0 radical (unpaired) electrons. The van der Waals surface area contributed by atoms with Crippen molar-refractivity contribution in [2.45, 2.75) is 64.8 Å². The van der Waals surface area contributed by atoms with E-state index in [1.54, 1.807) is 6.20 Å². The summed E-state index contributed by atoms with van der Waals surface area (Å²) < 4.78 is 10.9. The lowest BCUT2D eigenvalue weighted by Crippen LogP contribution is -2.32. The molecule has 0 saturated carbocycles. The molecule has 1 aromatic heterocycles. The third kappa shape index (κ3) is 6.77. The average molecular weight is 397 g/mol. The molecule has 1 aliphatic heterocycles. The van der Waals surface area contributed by atoms with Gasteiger partial charge in [-0.2, -0.15) is 0 Å². The Kier molecular flexibility index (Phi) is 8.35. The second kappa shape index (κ2) is 11.4. The van der Waals surface area contributed by atoms with Gasteiger partial charge in [-0.3, -0.25) is 9.78 Å². The molecule has 2 aromatic rings. The lowest BCUT2D eigenvalue weighted by atomic mass is 10.1. The summed E-state index contributed by atoms with van der Waals surface area (Å²) in [6.45, 7) is 3.73. The first-order chi connectivity index (χ1) is 14.3. The Bertz CT molecular complexity index is 764. The van der Waals surface area contributed by atoms with Crippen molar-refractivity contribution in [1.82, 2.24) is 9.88 Å². The van der Waals surface area contributed by atoms with Crippen LogP contribution in [0, 0.1) is 0 Å². The highest BCUT2D eigenvalue weighted by atomic mass is 16.7. The van der Waals surface area contributed by atoms with Gasteiger partial charge in [-0.25, -0.2) is 0 Å². The number of hydrogen-bond acceptors (Lipinski definition) is 4. The molecule has 0 unspecified atom stereocenters. The van der Waals surface area contributed by atoms with Crippen molar-refractivity contribution in [3.05, 3.63) is 53.9 Å². The van der Waals surface area contributed by atoms with Gasteiger partial charge in [-0.15, -0.1) is 0 Å². The average Bonchev–Trinajstić information content (AvgIpc) is 3.22. The molecule has 156 valence electrons. The minimum absolute atomic E-state index is 0.217. The molecular weight excluding hydrogens is 364 g/mol. The zero-order chi connectivity index (χ0) is 20.3. The number of fused-ring (bicyclic) bond motifs is 1. The highest BCUT2D eigenvalue weighted by Gasteiger charge is 2.17. The van der Waals surface area contributed by atoms with Crippen LogP contribution >= 0.6 is 0 Å². The van der Waals surface area contributed by atoms with E-state index in [9.17, 15) is 4.79 Å². The van der Waals surface area contributed by atoms with E-state index < -0.39 is 0 Å². The van der Waals surface area contributed by atoms with E-state index in [1.807, 2.05) is 41.3 Å². The summed E-state index contributed by atoms with van der Waals surface area (Å²) in [7, 11) is 0. The Balaban J connectivity index is 1.57. The lowest BCUT2D eigenvalue weighted by Gasteiger charge is -2.23. The highest BCUT2D eigenvalue weighted by Crippen LogP contribution is 2.32. The van der Waals surface area contributed by atoms with Crippen LogP contribution in [-0.4, -0.2) is 29.1 Å². The number of amides is 1. The summed E-state index contributed by atoms with van der Waals surface area (Å²) in [6.07, 6.45) is 10.3. The second-order valence-electron chi connectivity index (χ2n) is 7.59. The monoisotopic (exact) mass is 396 g/mol. The third-order valence-corrected chi connectivity index (χ3v) is 5.27. The molecule has 0 atom stereocenters. The molecule has 2 heterocycles. The summed E-state index contributed by atoms with van der Waals surface area (Å²) in [4.78, 5) is 19.3. The third-order valence-electron chi connectivity index (χ3n) is 5.27. The first kappa shape index (κ1) is 21.2. The number of unbranched alkanes of at least 4 members (excludes halogenated alkanes) is 5. The van der Waals surface area contributed by atoms with E-state index in [0.717, 1.165) is 42.0 Å². The van der Waals surface area contributed by atoms with Crippen molar-refractivity contribution in [2.75, 3.05) is 13.3 Å². The van der Waals surface area contributed by atoms with Crippen LogP contribution in [0.25, 0.3) is 0 Å². The second-order valence-corrected chi connectivity index (χ2v) is 7.59. The number of benzene rings is 1. The Hall–Kier alpha value is -2.56. The molecule has 1 aliphatic rings. The van der Waals surface area contributed by atoms with Crippen LogP contribution in [0.1, 0.15) is 63.1 Å². The molecule has 0 aliphatic carbocycles. The maximum Gasteiger partial charge on any atom is 0.231 e. The Labute approximate surface area is 174 Å². The van der Waals surface area contributed by atoms with Gasteiger partial charge in [0.15, 0.2) is 11.5 Å². The molecule has 1 amide bonds. The minimum Gasteiger partial charge on any atom is -0.454 e. The number of rotatable bonds is 12. The normalized spacial score (nSPS) is 12.2. The van der Waals surface area contributed by atoms with E-state index >= 15 is 0 Å². The molecule has 1 aromatic carbocycles. The van der Waals surface area contributed by atoms with Crippen LogP contribution in [0.5, 0.6) is 11.5 Å². The lowest BCUT2D eigenvalue weighted by molar-refractivity contribution is -0.131. The maximum atomic E-state index is 12.9. The van der Waals surface area contributed by atoms with Gasteiger partial charge in [0.1, 0.15) is 0 Å². The van der Waals surface area contributed by atoms with Gasteiger partial charge in [0.05, 0.1) is 0 Å². The molecule has 0 saturated heterocycles. The summed E-state index contributed by atoms with van der Waals surface area (Å²) in [5.74, 6) is 1.75. The van der Waals surface area contributed by atoms with Gasteiger partial charge in [-0.05, 0) is 36.2 Å². The number of aromatic nitrogens is 1. The molecule has 0 bridgehead atoms. The Morgan fingerprint density at radius 3 is 2.69 bits per heavy atom. The summed E-state index contributed by atoms with van der Waals surface area (Å²) in [5.41, 5.74) is 2.07. The van der Waals surface area contributed by atoms with E-state index in [4.69, 9.17) is 9.47 Å².